The molecular formula is C18H24O. The topological polar surface area (TPSA) is 9.23 Å². The van der Waals surface area contributed by atoms with E-state index < -0.39 is 0 Å². The first-order valence-corrected chi connectivity index (χ1v) is 7.52. The predicted molar refractivity (Wildman–Crippen MR) is 82.8 cm³/mol. The van der Waals surface area contributed by atoms with E-state index in [0.717, 1.165) is 18.8 Å². The first kappa shape index (κ1) is 13.9. The highest BCUT2D eigenvalue weighted by molar-refractivity contribution is 5.88. The van der Waals surface area contributed by atoms with Crippen molar-refractivity contribution in [3.8, 4) is 5.75 Å². The van der Waals surface area contributed by atoms with Gasteiger partial charge in [-0.25, -0.2) is 0 Å². The number of fused-ring (bicyclic) bond motifs is 1. The number of unbranched alkanes of at least 4 members (excludes halogenated alkanes) is 5. The zero-order chi connectivity index (χ0) is 13.3. The van der Waals surface area contributed by atoms with Gasteiger partial charge < -0.3 is 4.74 Å². The first-order valence-electron chi connectivity index (χ1n) is 7.52. The van der Waals surface area contributed by atoms with E-state index in [1.807, 2.05) is 0 Å². The van der Waals surface area contributed by atoms with Crippen molar-refractivity contribution in [3.63, 3.8) is 0 Å². The summed E-state index contributed by atoms with van der Waals surface area (Å²) in [5.41, 5.74) is 0. The average Bonchev–Trinajstić information content (AvgIpc) is 2.46. The second kappa shape index (κ2) is 7.83. The molecule has 2 rings (SSSR count). The van der Waals surface area contributed by atoms with Gasteiger partial charge in [0.15, 0.2) is 0 Å². The lowest BCUT2D eigenvalue weighted by atomic mass is 10.1. The zero-order valence-corrected chi connectivity index (χ0v) is 11.9. The van der Waals surface area contributed by atoms with Crippen LogP contribution in [0.25, 0.3) is 10.8 Å². The molecule has 19 heavy (non-hydrogen) atoms. The van der Waals surface area contributed by atoms with Crippen LogP contribution in [0.4, 0.5) is 0 Å². The molecule has 0 saturated carbocycles. The molecular weight excluding hydrogens is 232 g/mol. The van der Waals surface area contributed by atoms with Crippen molar-refractivity contribution in [1.29, 1.82) is 0 Å². The summed E-state index contributed by atoms with van der Waals surface area (Å²) in [5.74, 6) is 1.02. The molecule has 0 atom stereocenters. The standard InChI is InChI=1S/C18H24O/c1-2-3-4-5-6-9-15-19-18-14-10-12-16-11-7-8-13-17(16)18/h7-8,10-14H,2-6,9,15H2,1H3. The van der Waals surface area contributed by atoms with Crippen LogP contribution in [0.2, 0.25) is 0 Å². The molecule has 0 heterocycles. The van der Waals surface area contributed by atoms with Crippen LogP contribution in [-0.4, -0.2) is 6.61 Å². The van der Waals surface area contributed by atoms with E-state index >= 15 is 0 Å². The molecule has 1 nitrogen and oxygen atoms in total. The van der Waals surface area contributed by atoms with Gasteiger partial charge in [0.1, 0.15) is 5.75 Å². The highest BCUT2D eigenvalue weighted by atomic mass is 16.5. The van der Waals surface area contributed by atoms with Gasteiger partial charge in [-0.2, -0.15) is 0 Å². The maximum absolute atomic E-state index is 5.93. The normalized spacial score (nSPS) is 10.8. The quantitative estimate of drug-likeness (QED) is 0.560. The lowest BCUT2D eigenvalue weighted by Gasteiger charge is -2.09. The first-order chi connectivity index (χ1) is 9.42. The van der Waals surface area contributed by atoms with Gasteiger partial charge in [-0.05, 0) is 17.9 Å². The van der Waals surface area contributed by atoms with Crippen LogP contribution < -0.4 is 4.74 Å². The van der Waals surface area contributed by atoms with Crippen LogP contribution in [0.1, 0.15) is 45.4 Å². The Morgan fingerprint density at radius 2 is 1.53 bits per heavy atom. The van der Waals surface area contributed by atoms with E-state index in [1.165, 1.54) is 42.9 Å². The fraction of sp³-hybridized carbons (Fsp3) is 0.444. The van der Waals surface area contributed by atoms with E-state index in [4.69, 9.17) is 4.74 Å². The summed E-state index contributed by atoms with van der Waals surface area (Å²) >= 11 is 0. The molecule has 0 radical (unpaired) electrons. The van der Waals surface area contributed by atoms with Crippen molar-refractivity contribution >= 4 is 10.8 Å². The van der Waals surface area contributed by atoms with E-state index in [9.17, 15) is 0 Å². The summed E-state index contributed by atoms with van der Waals surface area (Å²) in [4.78, 5) is 0. The van der Waals surface area contributed by atoms with Crippen LogP contribution in [-0.2, 0) is 0 Å². The minimum atomic E-state index is 0.833. The number of hydrogen-bond donors (Lipinski definition) is 0. The van der Waals surface area contributed by atoms with Crippen molar-refractivity contribution in [2.75, 3.05) is 6.61 Å². The highest BCUT2D eigenvalue weighted by Crippen LogP contribution is 2.25. The number of ether oxygens (including phenoxy) is 1. The monoisotopic (exact) mass is 256 g/mol. The molecule has 0 aliphatic carbocycles. The molecule has 0 amide bonds. The van der Waals surface area contributed by atoms with Crippen molar-refractivity contribution in [2.45, 2.75) is 45.4 Å². The molecule has 2 aromatic rings. The van der Waals surface area contributed by atoms with Crippen molar-refractivity contribution < 1.29 is 4.74 Å². The molecule has 2 aromatic carbocycles. The largest absolute Gasteiger partial charge is 0.493 e. The molecule has 0 bridgehead atoms. The third-order valence-corrected chi connectivity index (χ3v) is 3.51. The molecule has 0 aliphatic rings. The van der Waals surface area contributed by atoms with Gasteiger partial charge in [-0.1, -0.05) is 75.4 Å². The Labute approximate surface area is 116 Å². The summed E-state index contributed by atoms with van der Waals surface area (Å²) in [5, 5.41) is 2.47. The van der Waals surface area contributed by atoms with E-state index in [2.05, 4.69) is 49.4 Å². The molecule has 0 fully saturated rings. The molecule has 0 saturated heterocycles. The van der Waals surface area contributed by atoms with Crippen LogP contribution in [0.15, 0.2) is 42.5 Å². The van der Waals surface area contributed by atoms with E-state index in [0.29, 0.717) is 0 Å². The van der Waals surface area contributed by atoms with E-state index in [1.54, 1.807) is 0 Å². The lowest BCUT2D eigenvalue weighted by Crippen LogP contribution is -1.97. The third kappa shape index (κ3) is 4.27. The summed E-state index contributed by atoms with van der Waals surface area (Å²) in [6.45, 7) is 3.09. The maximum atomic E-state index is 5.93. The molecule has 102 valence electrons. The Kier molecular flexibility index (Phi) is 5.74. The Bertz CT molecular complexity index is 485. The summed E-state index contributed by atoms with van der Waals surface area (Å²) in [7, 11) is 0. The van der Waals surface area contributed by atoms with Gasteiger partial charge in [0, 0.05) is 5.39 Å². The van der Waals surface area contributed by atoms with Crippen LogP contribution in [0, 0.1) is 0 Å². The SMILES string of the molecule is CCCCCCCCOc1cccc2ccccc12. The fourth-order valence-corrected chi connectivity index (χ4v) is 2.39. The zero-order valence-electron chi connectivity index (χ0n) is 11.9. The maximum Gasteiger partial charge on any atom is 0.127 e. The smallest absolute Gasteiger partial charge is 0.127 e. The van der Waals surface area contributed by atoms with Crippen LogP contribution in [0.3, 0.4) is 0 Å². The van der Waals surface area contributed by atoms with Gasteiger partial charge in [0.25, 0.3) is 0 Å². The Balaban J connectivity index is 1.78. The lowest BCUT2D eigenvalue weighted by molar-refractivity contribution is 0.308. The van der Waals surface area contributed by atoms with Gasteiger partial charge in [-0.15, -0.1) is 0 Å². The summed E-state index contributed by atoms with van der Waals surface area (Å²) < 4.78 is 5.93. The van der Waals surface area contributed by atoms with Crippen molar-refractivity contribution in [1.82, 2.24) is 0 Å². The summed E-state index contributed by atoms with van der Waals surface area (Å²) in [6, 6.07) is 14.7. The molecule has 0 spiro atoms. The van der Waals surface area contributed by atoms with Gasteiger partial charge >= 0.3 is 0 Å². The van der Waals surface area contributed by atoms with E-state index in [-0.39, 0.29) is 0 Å². The second-order valence-corrected chi connectivity index (χ2v) is 5.09. The van der Waals surface area contributed by atoms with Gasteiger partial charge in [-0.3, -0.25) is 0 Å². The number of rotatable bonds is 8. The fourth-order valence-electron chi connectivity index (χ4n) is 2.39. The molecule has 0 N–H and O–H groups in total. The molecule has 0 aliphatic heterocycles. The highest BCUT2D eigenvalue weighted by Gasteiger charge is 2.00. The minimum Gasteiger partial charge on any atom is -0.493 e. The molecule has 0 aromatic heterocycles. The van der Waals surface area contributed by atoms with Gasteiger partial charge in [0.2, 0.25) is 0 Å². The average molecular weight is 256 g/mol. The Morgan fingerprint density at radius 1 is 0.789 bits per heavy atom. The predicted octanol–water partition coefficient (Wildman–Crippen LogP) is 5.58. The van der Waals surface area contributed by atoms with Gasteiger partial charge in [0.05, 0.1) is 6.61 Å². The number of benzene rings is 2. The van der Waals surface area contributed by atoms with Crippen LogP contribution >= 0.6 is 0 Å². The van der Waals surface area contributed by atoms with Crippen LogP contribution in [0.5, 0.6) is 5.75 Å². The minimum absolute atomic E-state index is 0.833. The number of hydrogen-bond acceptors (Lipinski definition) is 1. The van der Waals surface area contributed by atoms with Crippen molar-refractivity contribution in [2.24, 2.45) is 0 Å². The van der Waals surface area contributed by atoms with Crippen molar-refractivity contribution in [3.05, 3.63) is 42.5 Å². The summed E-state index contributed by atoms with van der Waals surface area (Å²) in [6.07, 6.45) is 7.83. The Hall–Kier alpha value is -1.50. The second-order valence-electron chi connectivity index (χ2n) is 5.09. The third-order valence-electron chi connectivity index (χ3n) is 3.51. The molecule has 1 heteroatoms. The Morgan fingerprint density at radius 3 is 2.42 bits per heavy atom. The molecule has 0 unspecified atom stereocenters.